The predicted octanol–water partition coefficient (Wildman–Crippen LogP) is 3.98. The van der Waals surface area contributed by atoms with Crippen LogP contribution in [0.3, 0.4) is 0 Å². The number of hydrogen-bond donors (Lipinski definition) is 1. The van der Waals surface area contributed by atoms with Gasteiger partial charge in [0, 0.05) is 18.3 Å². The summed E-state index contributed by atoms with van der Waals surface area (Å²) in [5, 5.41) is 3.73. The molecule has 0 saturated heterocycles. The fraction of sp³-hybridized carbons (Fsp3) is 0.647. The van der Waals surface area contributed by atoms with Gasteiger partial charge in [0.2, 0.25) is 0 Å². The molecule has 2 heteroatoms. The SMILES string of the molecule is CC1CCC(Nc2cccc(CN(C)C)c2)CC1C. The fourth-order valence-corrected chi connectivity index (χ4v) is 3.04. The van der Waals surface area contributed by atoms with Gasteiger partial charge in [0.15, 0.2) is 0 Å². The van der Waals surface area contributed by atoms with E-state index in [9.17, 15) is 0 Å². The average Bonchev–Trinajstić information content (AvgIpc) is 2.33. The first-order chi connectivity index (χ1) is 9.04. The van der Waals surface area contributed by atoms with Crippen molar-refractivity contribution in [1.82, 2.24) is 4.90 Å². The summed E-state index contributed by atoms with van der Waals surface area (Å²) >= 11 is 0. The van der Waals surface area contributed by atoms with Crippen LogP contribution in [-0.4, -0.2) is 25.0 Å². The van der Waals surface area contributed by atoms with Gasteiger partial charge in [-0.05, 0) is 62.9 Å². The summed E-state index contributed by atoms with van der Waals surface area (Å²) in [5.41, 5.74) is 2.67. The highest BCUT2D eigenvalue weighted by Gasteiger charge is 2.24. The minimum atomic E-state index is 0.654. The number of hydrogen-bond acceptors (Lipinski definition) is 2. The van der Waals surface area contributed by atoms with E-state index in [2.05, 4.69) is 62.4 Å². The van der Waals surface area contributed by atoms with Gasteiger partial charge < -0.3 is 10.2 Å². The summed E-state index contributed by atoms with van der Waals surface area (Å²) in [6.45, 7) is 5.78. The van der Waals surface area contributed by atoms with Gasteiger partial charge in [0.1, 0.15) is 0 Å². The standard InChI is InChI=1S/C17H28N2/c1-13-8-9-17(10-14(13)2)18-16-7-5-6-15(11-16)12-19(3)4/h5-7,11,13-14,17-18H,8-10,12H2,1-4H3. The van der Waals surface area contributed by atoms with Crippen molar-refractivity contribution in [2.45, 2.75) is 45.7 Å². The second kappa shape index (κ2) is 6.42. The summed E-state index contributed by atoms with van der Waals surface area (Å²) in [5.74, 6) is 1.73. The molecule has 0 aromatic heterocycles. The van der Waals surface area contributed by atoms with Gasteiger partial charge >= 0.3 is 0 Å². The lowest BCUT2D eigenvalue weighted by molar-refractivity contribution is 0.261. The molecule has 0 bridgehead atoms. The van der Waals surface area contributed by atoms with Crippen molar-refractivity contribution in [1.29, 1.82) is 0 Å². The topological polar surface area (TPSA) is 15.3 Å². The molecule has 1 N–H and O–H groups in total. The molecule has 106 valence electrons. The first-order valence-corrected chi connectivity index (χ1v) is 7.55. The Hall–Kier alpha value is -1.02. The molecular weight excluding hydrogens is 232 g/mol. The van der Waals surface area contributed by atoms with Crippen LogP contribution >= 0.6 is 0 Å². The highest BCUT2D eigenvalue weighted by molar-refractivity contribution is 5.46. The number of anilines is 1. The molecule has 1 aliphatic carbocycles. The Morgan fingerprint density at radius 1 is 1.16 bits per heavy atom. The number of nitrogens with one attached hydrogen (secondary N) is 1. The van der Waals surface area contributed by atoms with Crippen LogP contribution in [0.4, 0.5) is 5.69 Å². The summed E-state index contributed by atoms with van der Waals surface area (Å²) < 4.78 is 0. The van der Waals surface area contributed by atoms with Crippen LogP contribution in [0, 0.1) is 11.8 Å². The third-order valence-electron chi connectivity index (χ3n) is 4.39. The Balaban J connectivity index is 1.95. The monoisotopic (exact) mass is 260 g/mol. The lowest BCUT2D eigenvalue weighted by atomic mass is 9.79. The van der Waals surface area contributed by atoms with Gasteiger partial charge in [-0.3, -0.25) is 0 Å². The Bertz CT molecular complexity index is 400. The first kappa shape index (κ1) is 14.4. The molecule has 0 radical (unpaired) electrons. The van der Waals surface area contributed by atoms with Crippen molar-refractivity contribution in [3.8, 4) is 0 Å². The summed E-state index contributed by atoms with van der Waals surface area (Å²) in [6.07, 6.45) is 3.97. The van der Waals surface area contributed by atoms with Crippen molar-refractivity contribution in [3.63, 3.8) is 0 Å². The Labute approximate surface area is 118 Å². The van der Waals surface area contributed by atoms with E-state index in [0.29, 0.717) is 6.04 Å². The first-order valence-electron chi connectivity index (χ1n) is 7.55. The second-order valence-electron chi connectivity index (χ2n) is 6.55. The van der Waals surface area contributed by atoms with Gasteiger partial charge in [-0.2, -0.15) is 0 Å². The van der Waals surface area contributed by atoms with Crippen molar-refractivity contribution >= 4 is 5.69 Å². The molecule has 1 aliphatic rings. The zero-order chi connectivity index (χ0) is 13.8. The lowest BCUT2D eigenvalue weighted by Crippen LogP contribution is -2.30. The van der Waals surface area contributed by atoms with E-state index >= 15 is 0 Å². The normalized spacial score (nSPS) is 27.5. The largest absolute Gasteiger partial charge is 0.382 e. The quantitative estimate of drug-likeness (QED) is 0.880. The zero-order valence-electron chi connectivity index (χ0n) is 12.8. The molecule has 0 spiro atoms. The average molecular weight is 260 g/mol. The molecule has 2 rings (SSSR count). The van der Waals surface area contributed by atoms with Crippen LogP contribution in [0.2, 0.25) is 0 Å². The maximum Gasteiger partial charge on any atom is 0.0345 e. The highest BCUT2D eigenvalue weighted by atomic mass is 15.0. The van der Waals surface area contributed by atoms with E-state index < -0.39 is 0 Å². The van der Waals surface area contributed by atoms with Crippen LogP contribution in [0.25, 0.3) is 0 Å². The number of rotatable bonds is 4. The smallest absolute Gasteiger partial charge is 0.0345 e. The van der Waals surface area contributed by atoms with Gasteiger partial charge in [-0.1, -0.05) is 26.0 Å². The second-order valence-corrected chi connectivity index (χ2v) is 6.55. The summed E-state index contributed by atoms with van der Waals surface area (Å²) in [7, 11) is 4.23. The van der Waals surface area contributed by atoms with Crippen LogP contribution in [0.5, 0.6) is 0 Å². The molecule has 0 amide bonds. The van der Waals surface area contributed by atoms with E-state index in [4.69, 9.17) is 0 Å². The van der Waals surface area contributed by atoms with Gasteiger partial charge in [-0.15, -0.1) is 0 Å². The minimum absolute atomic E-state index is 0.654. The van der Waals surface area contributed by atoms with Crippen molar-refractivity contribution < 1.29 is 0 Å². The van der Waals surface area contributed by atoms with Crippen molar-refractivity contribution in [3.05, 3.63) is 29.8 Å². The lowest BCUT2D eigenvalue weighted by Gasteiger charge is -2.33. The van der Waals surface area contributed by atoms with Crippen LogP contribution in [-0.2, 0) is 6.54 Å². The third-order valence-corrected chi connectivity index (χ3v) is 4.39. The zero-order valence-corrected chi connectivity index (χ0v) is 12.8. The molecule has 1 fully saturated rings. The van der Waals surface area contributed by atoms with Crippen molar-refractivity contribution in [2.75, 3.05) is 19.4 Å². The molecule has 19 heavy (non-hydrogen) atoms. The van der Waals surface area contributed by atoms with Gasteiger partial charge in [0.05, 0.1) is 0 Å². The van der Waals surface area contributed by atoms with E-state index in [1.54, 1.807) is 0 Å². The molecule has 2 nitrogen and oxygen atoms in total. The molecule has 0 heterocycles. The Kier molecular flexibility index (Phi) is 4.87. The van der Waals surface area contributed by atoms with Gasteiger partial charge in [-0.25, -0.2) is 0 Å². The summed E-state index contributed by atoms with van der Waals surface area (Å²) in [6, 6.07) is 9.51. The van der Waals surface area contributed by atoms with E-state index in [1.807, 2.05) is 0 Å². The van der Waals surface area contributed by atoms with E-state index in [-0.39, 0.29) is 0 Å². The van der Waals surface area contributed by atoms with Gasteiger partial charge in [0.25, 0.3) is 0 Å². The minimum Gasteiger partial charge on any atom is -0.382 e. The number of benzene rings is 1. The fourth-order valence-electron chi connectivity index (χ4n) is 3.04. The highest BCUT2D eigenvalue weighted by Crippen LogP contribution is 2.31. The number of nitrogens with zero attached hydrogens (tertiary/aromatic N) is 1. The Morgan fingerprint density at radius 3 is 2.63 bits per heavy atom. The van der Waals surface area contributed by atoms with Crippen LogP contribution in [0.1, 0.15) is 38.7 Å². The van der Waals surface area contributed by atoms with Crippen molar-refractivity contribution in [2.24, 2.45) is 11.8 Å². The third kappa shape index (κ3) is 4.24. The Morgan fingerprint density at radius 2 is 1.95 bits per heavy atom. The predicted molar refractivity (Wildman–Crippen MR) is 83.4 cm³/mol. The van der Waals surface area contributed by atoms with Crippen LogP contribution in [0.15, 0.2) is 24.3 Å². The molecule has 0 aliphatic heterocycles. The maximum absolute atomic E-state index is 3.73. The molecule has 3 atom stereocenters. The van der Waals surface area contributed by atoms with E-state index in [1.165, 1.54) is 30.5 Å². The van der Waals surface area contributed by atoms with Crippen LogP contribution < -0.4 is 5.32 Å². The molecule has 1 aromatic rings. The molecule has 1 aromatic carbocycles. The van der Waals surface area contributed by atoms with E-state index in [0.717, 1.165) is 18.4 Å². The molecule has 1 saturated carbocycles. The summed E-state index contributed by atoms with van der Waals surface area (Å²) in [4.78, 5) is 2.21. The maximum atomic E-state index is 3.73. The molecule has 3 unspecified atom stereocenters. The molecular formula is C17H28N2.